The smallest absolute Gasteiger partial charge is 0.187 e. The first-order chi connectivity index (χ1) is 9.17. The molecule has 1 aromatic heterocycles. The summed E-state index contributed by atoms with van der Waals surface area (Å²) in [6.45, 7) is 3.36. The van der Waals surface area contributed by atoms with Gasteiger partial charge in [0.2, 0.25) is 0 Å². The lowest BCUT2D eigenvalue weighted by molar-refractivity contribution is -0.176. The summed E-state index contributed by atoms with van der Waals surface area (Å²) in [6.07, 6.45) is 6.30. The molecule has 1 aromatic rings. The van der Waals surface area contributed by atoms with E-state index < -0.39 is 5.79 Å². The summed E-state index contributed by atoms with van der Waals surface area (Å²) < 4.78 is 11.6. The second-order valence-corrected chi connectivity index (χ2v) is 6.42. The van der Waals surface area contributed by atoms with Crippen LogP contribution in [-0.2, 0) is 9.47 Å². The van der Waals surface area contributed by atoms with Crippen molar-refractivity contribution in [2.45, 2.75) is 48.4 Å². The predicted octanol–water partition coefficient (Wildman–Crippen LogP) is 1.50. The fraction of sp³-hybridized carbons (Fsp3) is 0.692. The van der Waals surface area contributed by atoms with E-state index in [0.717, 1.165) is 30.0 Å². The maximum absolute atomic E-state index is 6.22. The van der Waals surface area contributed by atoms with Gasteiger partial charge in [0.05, 0.1) is 13.2 Å². The Morgan fingerprint density at radius 2 is 2.00 bits per heavy atom. The van der Waals surface area contributed by atoms with Gasteiger partial charge >= 0.3 is 0 Å². The average Bonchev–Trinajstić information content (AvgIpc) is 2.85. The zero-order valence-corrected chi connectivity index (χ0v) is 11.9. The van der Waals surface area contributed by atoms with Crippen molar-refractivity contribution >= 4 is 11.8 Å². The third-order valence-electron chi connectivity index (χ3n) is 3.68. The van der Waals surface area contributed by atoms with Crippen molar-refractivity contribution in [2.75, 3.05) is 13.2 Å². The standard InChI is InChI=1S/C13H19N3O2S/c1-9-7-15-12(16-8-9)19-11-6-13(3-2-10(11)14)17-4-5-18-13/h7-8,10-11H,2-6,14H2,1H3. The molecule has 3 rings (SSSR count). The number of nitrogens with two attached hydrogens (primary N) is 1. The molecule has 0 aromatic carbocycles. The second-order valence-electron chi connectivity index (χ2n) is 5.21. The highest BCUT2D eigenvalue weighted by Crippen LogP contribution is 2.41. The van der Waals surface area contributed by atoms with Gasteiger partial charge in [-0.05, 0) is 18.9 Å². The molecule has 19 heavy (non-hydrogen) atoms. The number of aromatic nitrogens is 2. The highest BCUT2D eigenvalue weighted by atomic mass is 32.2. The molecule has 2 atom stereocenters. The quantitative estimate of drug-likeness (QED) is 0.828. The van der Waals surface area contributed by atoms with Gasteiger partial charge in [-0.15, -0.1) is 0 Å². The van der Waals surface area contributed by atoms with Crippen molar-refractivity contribution in [3.05, 3.63) is 18.0 Å². The van der Waals surface area contributed by atoms with Gasteiger partial charge in [-0.3, -0.25) is 0 Å². The molecular weight excluding hydrogens is 262 g/mol. The number of aryl methyl sites for hydroxylation is 1. The molecule has 2 fully saturated rings. The van der Waals surface area contributed by atoms with E-state index >= 15 is 0 Å². The lowest BCUT2D eigenvalue weighted by Crippen LogP contribution is -2.47. The third-order valence-corrected chi connectivity index (χ3v) is 4.92. The molecule has 1 spiro atoms. The summed E-state index contributed by atoms with van der Waals surface area (Å²) in [7, 11) is 0. The first-order valence-electron chi connectivity index (χ1n) is 6.66. The van der Waals surface area contributed by atoms with Crippen LogP contribution in [0.5, 0.6) is 0 Å². The van der Waals surface area contributed by atoms with Gasteiger partial charge in [-0.2, -0.15) is 0 Å². The van der Waals surface area contributed by atoms with Crippen molar-refractivity contribution in [3.8, 4) is 0 Å². The van der Waals surface area contributed by atoms with E-state index in [1.165, 1.54) is 0 Å². The molecule has 104 valence electrons. The molecule has 1 aliphatic heterocycles. The van der Waals surface area contributed by atoms with Crippen LogP contribution in [0, 0.1) is 6.92 Å². The van der Waals surface area contributed by atoms with Gasteiger partial charge in [-0.25, -0.2) is 9.97 Å². The molecule has 0 radical (unpaired) electrons. The molecule has 1 saturated heterocycles. The molecule has 2 N–H and O–H groups in total. The molecule has 2 unspecified atom stereocenters. The Morgan fingerprint density at radius 3 is 2.68 bits per heavy atom. The molecule has 6 heteroatoms. The number of nitrogens with zero attached hydrogens (tertiary/aromatic N) is 2. The van der Waals surface area contributed by atoms with E-state index in [1.807, 2.05) is 19.3 Å². The SMILES string of the molecule is Cc1cnc(SC2CC3(CCC2N)OCCO3)nc1. The zero-order chi connectivity index (χ0) is 13.3. The van der Waals surface area contributed by atoms with Crippen LogP contribution in [0.1, 0.15) is 24.8 Å². The van der Waals surface area contributed by atoms with Crippen molar-refractivity contribution in [2.24, 2.45) is 5.73 Å². The topological polar surface area (TPSA) is 70.3 Å². The van der Waals surface area contributed by atoms with Gasteiger partial charge in [0.15, 0.2) is 10.9 Å². The van der Waals surface area contributed by atoms with Gasteiger partial charge < -0.3 is 15.2 Å². The summed E-state index contributed by atoms with van der Waals surface area (Å²) in [6, 6.07) is 0.147. The Bertz CT molecular complexity index is 434. The Morgan fingerprint density at radius 1 is 1.32 bits per heavy atom. The Labute approximate surface area is 117 Å². The van der Waals surface area contributed by atoms with Crippen molar-refractivity contribution in [1.29, 1.82) is 0 Å². The fourth-order valence-electron chi connectivity index (χ4n) is 2.60. The van der Waals surface area contributed by atoms with Crippen molar-refractivity contribution < 1.29 is 9.47 Å². The van der Waals surface area contributed by atoms with Gasteiger partial charge in [0.1, 0.15) is 0 Å². The number of hydrogen-bond donors (Lipinski definition) is 1. The fourth-order valence-corrected chi connectivity index (χ4v) is 3.74. The minimum absolute atomic E-state index is 0.147. The van der Waals surface area contributed by atoms with Crippen LogP contribution in [0.15, 0.2) is 17.6 Å². The molecule has 2 heterocycles. The Hall–Kier alpha value is -0.690. The molecule has 0 bridgehead atoms. The maximum Gasteiger partial charge on any atom is 0.187 e. The van der Waals surface area contributed by atoms with Crippen LogP contribution in [0.4, 0.5) is 0 Å². The Kier molecular flexibility index (Phi) is 3.75. The first-order valence-corrected chi connectivity index (χ1v) is 7.54. The average molecular weight is 281 g/mol. The first kappa shape index (κ1) is 13.3. The summed E-state index contributed by atoms with van der Waals surface area (Å²) in [5.41, 5.74) is 7.29. The normalized spacial score (nSPS) is 29.8. The number of thioether (sulfide) groups is 1. The summed E-state index contributed by atoms with van der Waals surface area (Å²) >= 11 is 1.63. The number of hydrogen-bond acceptors (Lipinski definition) is 6. The van der Waals surface area contributed by atoms with Crippen LogP contribution in [-0.4, -0.2) is 40.3 Å². The van der Waals surface area contributed by atoms with E-state index in [2.05, 4.69) is 9.97 Å². The molecule has 0 amide bonds. The van der Waals surface area contributed by atoms with E-state index in [4.69, 9.17) is 15.2 Å². The van der Waals surface area contributed by atoms with Crippen LogP contribution < -0.4 is 5.73 Å². The highest BCUT2D eigenvalue weighted by Gasteiger charge is 2.44. The molecule has 5 nitrogen and oxygen atoms in total. The summed E-state index contributed by atoms with van der Waals surface area (Å²) in [4.78, 5) is 8.67. The Balaban J connectivity index is 1.69. The lowest BCUT2D eigenvalue weighted by atomic mass is 9.90. The second kappa shape index (κ2) is 5.36. The number of rotatable bonds is 2. The predicted molar refractivity (Wildman–Crippen MR) is 72.9 cm³/mol. The molecule has 1 saturated carbocycles. The van der Waals surface area contributed by atoms with Crippen LogP contribution in [0.3, 0.4) is 0 Å². The minimum atomic E-state index is -0.405. The van der Waals surface area contributed by atoms with E-state index in [-0.39, 0.29) is 11.3 Å². The van der Waals surface area contributed by atoms with Crippen LogP contribution >= 0.6 is 11.8 Å². The van der Waals surface area contributed by atoms with Crippen molar-refractivity contribution in [1.82, 2.24) is 9.97 Å². The molecule has 2 aliphatic rings. The van der Waals surface area contributed by atoms with E-state index in [0.29, 0.717) is 13.2 Å². The van der Waals surface area contributed by atoms with Crippen molar-refractivity contribution in [3.63, 3.8) is 0 Å². The van der Waals surface area contributed by atoms with Crippen LogP contribution in [0.2, 0.25) is 0 Å². The van der Waals surface area contributed by atoms with Crippen LogP contribution in [0.25, 0.3) is 0 Å². The summed E-state index contributed by atoms with van der Waals surface area (Å²) in [5, 5.41) is 1.02. The largest absolute Gasteiger partial charge is 0.347 e. The highest BCUT2D eigenvalue weighted by molar-refractivity contribution is 7.99. The van der Waals surface area contributed by atoms with Gasteiger partial charge in [0, 0.05) is 36.5 Å². The van der Waals surface area contributed by atoms with Gasteiger partial charge in [0.25, 0.3) is 0 Å². The monoisotopic (exact) mass is 281 g/mol. The van der Waals surface area contributed by atoms with E-state index in [9.17, 15) is 0 Å². The number of ether oxygens (including phenoxy) is 2. The zero-order valence-electron chi connectivity index (χ0n) is 11.0. The van der Waals surface area contributed by atoms with Gasteiger partial charge in [-0.1, -0.05) is 11.8 Å². The molecule has 1 aliphatic carbocycles. The maximum atomic E-state index is 6.22. The third kappa shape index (κ3) is 2.91. The van der Waals surface area contributed by atoms with E-state index in [1.54, 1.807) is 11.8 Å². The minimum Gasteiger partial charge on any atom is -0.347 e. The molecular formula is C13H19N3O2S. The lowest BCUT2D eigenvalue weighted by Gasteiger charge is -2.38. The summed E-state index contributed by atoms with van der Waals surface area (Å²) in [5.74, 6) is -0.405.